The second-order valence-electron chi connectivity index (χ2n) is 5.36. The highest BCUT2D eigenvalue weighted by molar-refractivity contribution is 8.01. The molecule has 5 nitrogen and oxygen atoms in total. The van der Waals surface area contributed by atoms with Crippen LogP contribution in [0.2, 0.25) is 5.02 Å². The van der Waals surface area contributed by atoms with Gasteiger partial charge in [0.1, 0.15) is 0 Å². The lowest BCUT2D eigenvalue weighted by molar-refractivity contribution is -0.150. The summed E-state index contributed by atoms with van der Waals surface area (Å²) in [6.45, 7) is 1.53. The van der Waals surface area contributed by atoms with E-state index in [1.165, 1.54) is 30.0 Å². The molecule has 0 saturated heterocycles. The van der Waals surface area contributed by atoms with Gasteiger partial charge in [-0.25, -0.2) is 4.98 Å². The van der Waals surface area contributed by atoms with Crippen LogP contribution in [0.4, 0.5) is 5.69 Å². The molecule has 1 heterocycles. The molecule has 8 heteroatoms. The number of anilines is 1. The third-order valence-electron chi connectivity index (χ3n) is 3.38. The predicted octanol–water partition coefficient (Wildman–Crippen LogP) is 4.61. The van der Waals surface area contributed by atoms with E-state index in [0.29, 0.717) is 10.7 Å². The van der Waals surface area contributed by atoms with Crippen molar-refractivity contribution in [2.75, 3.05) is 11.1 Å². The molecule has 0 unspecified atom stereocenters. The fourth-order valence-electron chi connectivity index (χ4n) is 2.10. The van der Waals surface area contributed by atoms with Crippen molar-refractivity contribution in [3.8, 4) is 0 Å². The number of nitrogens with zero attached hydrogens (tertiary/aromatic N) is 1. The number of ether oxygens (including phenoxy) is 1. The Morgan fingerprint density at radius 2 is 1.96 bits per heavy atom. The first-order chi connectivity index (χ1) is 12.5. The quantitative estimate of drug-likeness (QED) is 0.478. The standard InChI is InChI=1S/C18H15ClN2O3S2/c1-11(17(23)20-13-8-6-12(19)7-9-13)24-16(22)10-25-18-21-14-4-2-3-5-15(14)26-18/h2-9,11H,10H2,1H3,(H,20,23)/t11-/m0/s1. The summed E-state index contributed by atoms with van der Waals surface area (Å²) in [6, 6.07) is 14.5. The zero-order valence-corrected chi connectivity index (χ0v) is 16.2. The smallest absolute Gasteiger partial charge is 0.317 e. The molecule has 0 spiro atoms. The number of thiazole rings is 1. The van der Waals surface area contributed by atoms with E-state index in [0.717, 1.165) is 14.6 Å². The molecule has 0 radical (unpaired) electrons. The number of carbonyl (C=O) groups excluding carboxylic acids is 2. The summed E-state index contributed by atoms with van der Waals surface area (Å²) in [4.78, 5) is 28.5. The number of carbonyl (C=O) groups is 2. The SMILES string of the molecule is C[C@H](OC(=O)CSc1nc2ccccc2s1)C(=O)Nc1ccc(Cl)cc1. The lowest BCUT2D eigenvalue weighted by Crippen LogP contribution is -2.30. The van der Waals surface area contributed by atoms with Crippen molar-refractivity contribution in [2.45, 2.75) is 17.4 Å². The zero-order chi connectivity index (χ0) is 18.5. The summed E-state index contributed by atoms with van der Waals surface area (Å²) in [5.41, 5.74) is 1.50. The largest absolute Gasteiger partial charge is 0.452 e. The maximum absolute atomic E-state index is 12.1. The number of thioether (sulfide) groups is 1. The molecule has 0 bridgehead atoms. The van der Waals surface area contributed by atoms with Crippen molar-refractivity contribution >= 4 is 62.5 Å². The first-order valence-electron chi connectivity index (χ1n) is 7.75. The van der Waals surface area contributed by atoms with Crippen LogP contribution in [0.3, 0.4) is 0 Å². The van der Waals surface area contributed by atoms with Crippen LogP contribution in [0.1, 0.15) is 6.92 Å². The number of benzene rings is 2. The summed E-state index contributed by atoms with van der Waals surface area (Å²) >= 11 is 8.62. The molecular weight excluding hydrogens is 392 g/mol. The number of nitrogens with one attached hydrogen (secondary N) is 1. The Balaban J connectivity index is 1.48. The zero-order valence-electron chi connectivity index (χ0n) is 13.8. The average molecular weight is 407 g/mol. The average Bonchev–Trinajstić information content (AvgIpc) is 3.05. The second-order valence-corrected chi connectivity index (χ2v) is 8.05. The molecule has 0 aliphatic heterocycles. The van der Waals surface area contributed by atoms with Crippen LogP contribution in [0, 0.1) is 0 Å². The number of amides is 1. The molecule has 26 heavy (non-hydrogen) atoms. The van der Waals surface area contributed by atoms with Gasteiger partial charge in [0.15, 0.2) is 10.4 Å². The minimum absolute atomic E-state index is 0.0956. The van der Waals surface area contributed by atoms with Gasteiger partial charge in [-0.3, -0.25) is 9.59 Å². The van der Waals surface area contributed by atoms with Crippen molar-refractivity contribution in [1.29, 1.82) is 0 Å². The van der Waals surface area contributed by atoms with Crippen molar-refractivity contribution in [2.24, 2.45) is 0 Å². The summed E-state index contributed by atoms with van der Waals surface area (Å²) < 4.78 is 7.04. The number of esters is 1. The van der Waals surface area contributed by atoms with Gasteiger partial charge in [-0.1, -0.05) is 35.5 Å². The van der Waals surface area contributed by atoms with Gasteiger partial charge in [0.05, 0.1) is 16.0 Å². The van der Waals surface area contributed by atoms with Crippen LogP contribution in [-0.2, 0) is 14.3 Å². The Labute approximate surface area is 163 Å². The second kappa shape index (κ2) is 8.53. The summed E-state index contributed by atoms with van der Waals surface area (Å²) in [7, 11) is 0. The maximum atomic E-state index is 12.1. The van der Waals surface area contributed by atoms with Gasteiger partial charge in [0, 0.05) is 10.7 Å². The van der Waals surface area contributed by atoms with Crippen LogP contribution in [0.5, 0.6) is 0 Å². The van der Waals surface area contributed by atoms with Gasteiger partial charge in [-0.2, -0.15) is 0 Å². The minimum atomic E-state index is -0.894. The van der Waals surface area contributed by atoms with Crippen molar-refractivity contribution in [1.82, 2.24) is 4.98 Å². The molecule has 134 valence electrons. The van der Waals surface area contributed by atoms with Crippen LogP contribution in [-0.4, -0.2) is 28.7 Å². The van der Waals surface area contributed by atoms with E-state index in [9.17, 15) is 9.59 Å². The highest BCUT2D eigenvalue weighted by Crippen LogP contribution is 2.29. The number of rotatable bonds is 6. The first-order valence-corrected chi connectivity index (χ1v) is 9.93. The van der Waals surface area contributed by atoms with E-state index in [4.69, 9.17) is 16.3 Å². The number of hydrogen-bond acceptors (Lipinski definition) is 6. The Hall–Kier alpha value is -2.09. The van der Waals surface area contributed by atoms with E-state index in [1.807, 2.05) is 24.3 Å². The highest BCUT2D eigenvalue weighted by Gasteiger charge is 2.18. The molecule has 1 aromatic heterocycles. The molecule has 3 rings (SSSR count). The van der Waals surface area contributed by atoms with E-state index in [1.54, 1.807) is 24.3 Å². The summed E-state index contributed by atoms with van der Waals surface area (Å²) in [5, 5.41) is 3.25. The third kappa shape index (κ3) is 4.97. The Kier molecular flexibility index (Phi) is 6.13. The highest BCUT2D eigenvalue weighted by atomic mass is 35.5. The van der Waals surface area contributed by atoms with Crippen LogP contribution in [0.25, 0.3) is 10.2 Å². The lowest BCUT2D eigenvalue weighted by Gasteiger charge is -2.13. The predicted molar refractivity (Wildman–Crippen MR) is 106 cm³/mol. The van der Waals surface area contributed by atoms with E-state index in [-0.39, 0.29) is 5.75 Å². The van der Waals surface area contributed by atoms with Crippen LogP contribution < -0.4 is 5.32 Å². The normalized spacial score (nSPS) is 11.9. The van der Waals surface area contributed by atoms with Crippen molar-refractivity contribution in [3.63, 3.8) is 0 Å². The van der Waals surface area contributed by atoms with E-state index in [2.05, 4.69) is 10.3 Å². The summed E-state index contributed by atoms with van der Waals surface area (Å²) in [5.74, 6) is -0.767. The molecular formula is C18H15ClN2O3S2. The summed E-state index contributed by atoms with van der Waals surface area (Å²) in [6.07, 6.45) is -0.894. The topological polar surface area (TPSA) is 68.3 Å². The number of aromatic nitrogens is 1. The minimum Gasteiger partial charge on any atom is -0.452 e. The molecule has 1 N–H and O–H groups in total. The fraction of sp³-hybridized carbons (Fsp3) is 0.167. The van der Waals surface area contributed by atoms with Crippen LogP contribution >= 0.6 is 34.7 Å². The number of para-hydroxylation sites is 1. The molecule has 0 saturated carbocycles. The monoisotopic (exact) mass is 406 g/mol. The molecule has 0 fully saturated rings. The fourth-order valence-corrected chi connectivity index (χ4v) is 4.07. The first kappa shape index (κ1) is 18.7. The van der Waals surface area contributed by atoms with Crippen molar-refractivity contribution < 1.29 is 14.3 Å². The van der Waals surface area contributed by atoms with E-state index < -0.39 is 18.0 Å². The third-order valence-corrected chi connectivity index (χ3v) is 5.78. The van der Waals surface area contributed by atoms with Gasteiger partial charge >= 0.3 is 5.97 Å². The molecule has 0 aliphatic rings. The van der Waals surface area contributed by atoms with Gasteiger partial charge in [0.25, 0.3) is 5.91 Å². The van der Waals surface area contributed by atoms with Crippen LogP contribution in [0.15, 0.2) is 52.9 Å². The molecule has 3 aromatic rings. The molecule has 2 aromatic carbocycles. The van der Waals surface area contributed by atoms with Gasteiger partial charge in [0.2, 0.25) is 0 Å². The number of fused-ring (bicyclic) bond motifs is 1. The Bertz CT molecular complexity index is 895. The Morgan fingerprint density at radius 3 is 2.69 bits per heavy atom. The number of halogens is 1. The van der Waals surface area contributed by atoms with Crippen molar-refractivity contribution in [3.05, 3.63) is 53.6 Å². The molecule has 0 aliphatic carbocycles. The number of hydrogen-bond donors (Lipinski definition) is 1. The maximum Gasteiger partial charge on any atom is 0.317 e. The van der Waals surface area contributed by atoms with Gasteiger partial charge < -0.3 is 10.1 Å². The lowest BCUT2D eigenvalue weighted by atomic mass is 10.3. The molecule has 1 atom stereocenters. The molecule has 1 amide bonds. The van der Waals surface area contributed by atoms with Gasteiger partial charge in [-0.15, -0.1) is 11.3 Å². The van der Waals surface area contributed by atoms with E-state index >= 15 is 0 Å². The Morgan fingerprint density at radius 1 is 1.23 bits per heavy atom. The van der Waals surface area contributed by atoms with Gasteiger partial charge in [-0.05, 0) is 43.3 Å².